The van der Waals surface area contributed by atoms with Crippen molar-refractivity contribution >= 4 is 10.8 Å². The average Bonchev–Trinajstić information content (AvgIpc) is 3.19. The smallest absolute Gasteiger partial charge is 0.339 e. The van der Waals surface area contributed by atoms with Gasteiger partial charge in [0.25, 0.3) is 0 Å². The van der Waals surface area contributed by atoms with Gasteiger partial charge < -0.3 is 4.52 Å². The van der Waals surface area contributed by atoms with Gasteiger partial charge in [-0.15, -0.1) is 0 Å². The number of nitrogens with zero attached hydrogens (tertiary/aromatic N) is 3. The highest BCUT2D eigenvalue weighted by atomic mass is 19.4. The maximum absolute atomic E-state index is 12.6. The van der Waals surface area contributed by atoms with E-state index in [1.807, 2.05) is 24.3 Å². The predicted octanol–water partition coefficient (Wildman–Crippen LogP) is 5.87. The number of hydrogen-bond acceptors (Lipinski definition) is 4. The van der Waals surface area contributed by atoms with Gasteiger partial charge in [0.2, 0.25) is 11.7 Å². The Morgan fingerprint density at radius 3 is 2.45 bits per heavy atom. The van der Waals surface area contributed by atoms with E-state index >= 15 is 0 Å². The first-order chi connectivity index (χ1) is 14.0. The molecule has 4 aromatic rings. The van der Waals surface area contributed by atoms with Crippen molar-refractivity contribution < 1.29 is 17.7 Å². The van der Waals surface area contributed by atoms with Crippen LogP contribution in [0.4, 0.5) is 13.2 Å². The van der Waals surface area contributed by atoms with Crippen LogP contribution >= 0.6 is 0 Å². The summed E-state index contributed by atoms with van der Waals surface area (Å²) in [5.41, 5.74) is 1.14. The number of aryl methyl sites for hydroxylation is 2. The Balaban J connectivity index is 1.31. The van der Waals surface area contributed by atoms with Crippen LogP contribution in [-0.2, 0) is 19.0 Å². The summed E-state index contributed by atoms with van der Waals surface area (Å²) >= 11 is 0. The molecule has 0 atom stereocenters. The molecule has 0 saturated heterocycles. The van der Waals surface area contributed by atoms with Crippen LogP contribution in [0.15, 0.2) is 65.4 Å². The summed E-state index contributed by atoms with van der Waals surface area (Å²) in [4.78, 5) is 8.55. The second-order valence-corrected chi connectivity index (χ2v) is 6.85. The van der Waals surface area contributed by atoms with Crippen molar-refractivity contribution in [3.8, 4) is 11.4 Å². The number of benzene rings is 2. The summed E-state index contributed by atoms with van der Waals surface area (Å²) in [7, 11) is 0. The van der Waals surface area contributed by atoms with Gasteiger partial charge in [-0.05, 0) is 54.5 Å². The van der Waals surface area contributed by atoms with Gasteiger partial charge in [-0.3, -0.25) is 4.98 Å². The van der Waals surface area contributed by atoms with Crippen molar-refractivity contribution in [1.82, 2.24) is 15.1 Å². The lowest BCUT2D eigenvalue weighted by Crippen LogP contribution is -2.04. The molecule has 148 valence electrons. The standard InChI is InChI=1S/C22H18F3N3O/c23-22(24,25)19-9-5-15(6-10-19)3-1-2-4-20-27-21(28-29-20)17-7-8-18-14-26-12-11-16(18)13-17/h5-14H,1-4H2. The van der Waals surface area contributed by atoms with Crippen molar-refractivity contribution in [2.75, 3.05) is 0 Å². The summed E-state index contributed by atoms with van der Waals surface area (Å²) in [5, 5.41) is 6.16. The van der Waals surface area contributed by atoms with E-state index in [0.717, 1.165) is 46.9 Å². The monoisotopic (exact) mass is 397 g/mol. The van der Waals surface area contributed by atoms with Crippen LogP contribution in [0.5, 0.6) is 0 Å². The molecule has 0 fully saturated rings. The number of rotatable bonds is 6. The van der Waals surface area contributed by atoms with E-state index < -0.39 is 11.7 Å². The van der Waals surface area contributed by atoms with Crippen molar-refractivity contribution in [2.45, 2.75) is 31.9 Å². The minimum Gasteiger partial charge on any atom is -0.339 e. The number of pyridine rings is 1. The molecule has 0 aliphatic heterocycles. The number of unbranched alkanes of at least 4 members (excludes halogenated alkanes) is 1. The van der Waals surface area contributed by atoms with Crippen LogP contribution < -0.4 is 0 Å². The molecule has 2 aromatic heterocycles. The molecule has 0 aliphatic carbocycles. The Morgan fingerprint density at radius 2 is 1.66 bits per heavy atom. The molecule has 0 radical (unpaired) electrons. The molecule has 0 bridgehead atoms. The van der Waals surface area contributed by atoms with Gasteiger partial charge in [0, 0.05) is 29.8 Å². The minimum absolute atomic E-state index is 0.543. The Kier molecular flexibility index (Phi) is 5.29. The third-order valence-electron chi connectivity index (χ3n) is 4.75. The average molecular weight is 397 g/mol. The lowest BCUT2D eigenvalue weighted by molar-refractivity contribution is -0.137. The SMILES string of the molecule is FC(F)(F)c1ccc(CCCCc2nc(-c3ccc4cnccc4c3)no2)cc1. The van der Waals surface area contributed by atoms with Crippen molar-refractivity contribution in [2.24, 2.45) is 0 Å². The lowest BCUT2D eigenvalue weighted by atomic mass is 10.0. The third-order valence-corrected chi connectivity index (χ3v) is 4.75. The summed E-state index contributed by atoms with van der Waals surface area (Å²) in [5.74, 6) is 1.10. The topological polar surface area (TPSA) is 51.8 Å². The predicted molar refractivity (Wildman–Crippen MR) is 103 cm³/mol. The molecule has 0 unspecified atom stereocenters. The molecule has 0 aliphatic rings. The molecule has 0 saturated carbocycles. The van der Waals surface area contributed by atoms with Crippen LogP contribution in [0.1, 0.15) is 29.9 Å². The van der Waals surface area contributed by atoms with Gasteiger partial charge in [0.1, 0.15) is 0 Å². The second kappa shape index (κ2) is 8.03. The Morgan fingerprint density at radius 1 is 0.862 bits per heavy atom. The van der Waals surface area contributed by atoms with Gasteiger partial charge >= 0.3 is 6.18 Å². The first-order valence-corrected chi connectivity index (χ1v) is 9.32. The van der Waals surface area contributed by atoms with Crippen molar-refractivity contribution in [1.29, 1.82) is 0 Å². The van der Waals surface area contributed by atoms with E-state index in [4.69, 9.17) is 4.52 Å². The summed E-state index contributed by atoms with van der Waals surface area (Å²) in [6.07, 6.45) is 2.22. The lowest BCUT2D eigenvalue weighted by Gasteiger charge is -2.07. The molecule has 0 spiro atoms. The van der Waals surface area contributed by atoms with E-state index in [-0.39, 0.29) is 0 Å². The second-order valence-electron chi connectivity index (χ2n) is 6.85. The van der Waals surface area contributed by atoms with Crippen molar-refractivity contribution in [3.63, 3.8) is 0 Å². The highest BCUT2D eigenvalue weighted by molar-refractivity contribution is 5.85. The normalized spacial score (nSPS) is 11.8. The fraction of sp³-hybridized carbons (Fsp3) is 0.227. The largest absolute Gasteiger partial charge is 0.416 e. The van der Waals surface area contributed by atoms with E-state index in [1.54, 1.807) is 12.4 Å². The number of alkyl halides is 3. The fourth-order valence-electron chi connectivity index (χ4n) is 3.16. The van der Waals surface area contributed by atoms with E-state index in [0.29, 0.717) is 24.6 Å². The van der Waals surface area contributed by atoms with Gasteiger partial charge in [-0.2, -0.15) is 18.2 Å². The molecular formula is C22H18F3N3O. The van der Waals surface area contributed by atoms with Crippen LogP contribution in [0.3, 0.4) is 0 Å². The Labute approximate surface area is 165 Å². The summed E-state index contributed by atoms with van der Waals surface area (Å²) in [6.45, 7) is 0. The molecule has 4 nitrogen and oxygen atoms in total. The molecule has 0 amide bonds. The molecule has 7 heteroatoms. The molecular weight excluding hydrogens is 379 g/mol. The highest BCUT2D eigenvalue weighted by Gasteiger charge is 2.29. The van der Waals surface area contributed by atoms with Gasteiger partial charge in [0.15, 0.2) is 0 Å². The van der Waals surface area contributed by atoms with Crippen LogP contribution in [0, 0.1) is 0 Å². The number of hydrogen-bond donors (Lipinski definition) is 0. The van der Waals surface area contributed by atoms with Gasteiger partial charge in [-0.25, -0.2) is 0 Å². The van der Waals surface area contributed by atoms with E-state index in [2.05, 4.69) is 15.1 Å². The number of aromatic nitrogens is 3. The van der Waals surface area contributed by atoms with E-state index in [9.17, 15) is 13.2 Å². The maximum Gasteiger partial charge on any atom is 0.416 e. The van der Waals surface area contributed by atoms with Crippen molar-refractivity contribution in [3.05, 3.63) is 77.9 Å². The zero-order valence-corrected chi connectivity index (χ0v) is 15.5. The molecule has 2 heterocycles. The van der Waals surface area contributed by atoms with Gasteiger partial charge in [-0.1, -0.05) is 29.4 Å². The quantitative estimate of drug-likeness (QED) is 0.382. The number of halogens is 3. The zero-order chi connectivity index (χ0) is 20.3. The van der Waals surface area contributed by atoms with E-state index in [1.165, 1.54) is 12.1 Å². The third kappa shape index (κ3) is 4.62. The molecule has 29 heavy (non-hydrogen) atoms. The van der Waals surface area contributed by atoms with Crippen LogP contribution in [0.25, 0.3) is 22.2 Å². The van der Waals surface area contributed by atoms with Gasteiger partial charge in [0.05, 0.1) is 5.56 Å². The van der Waals surface area contributed by atoms with Crippen LogP contribution in [0.2, 0.25) is 0 Å². The molecule has 4 rings (SSSR count). The minimum atomic E-state index is -4.30. The maximum atomic E-state index is 12.6. The molecule has 2 aromatic carbocycles. The Bertz CT molecular complexity index is 1100. The first kappa shape index (κ1) is 19.1. The highest BCUT2D eigenvalue weighted by Crippen LogP contribution is 2.29. The molecule has 0 N–H and O–H groups in total. The summed E-state index contributed by atoms with van der Waals surface area (Å²) in [6, 6.07) is 13.1. The Hall–Kier alpha value is -3.22. The zero-order valence-electron chi connectivity index (χ0n) is 15.5. The number of fused-ring (bicyclic) bond motifs is 1. The fourth-order valence-corrected chi connectivity index (χ4v) is 3.16. The summed E-state index contributed by atoms with van der Waals surface area (Å²) < 4.78 is 43.1. The van der Waals surface area contributed by atoms with Crippen LogP contribution in [-0.4, -0.2) is 15.1 Å². The first-order valence-electron chi connectivity index (χ1n) is 9.32.